The van der Waals surface area contributed by atoms with Crippen LogP contribution in [0.1, 0.15) is 26.7 Å². The fourth-order valence-corrected chi connectivity index (χ4v) is 1.57. The molecule has 0 spiro atoms. The summed E-state index contributed by atoms with van der Waals surface area (Å²) in [6.07, 6.45) is 2.88. The van der Waals surface area contributed by atoms with E-state index in [9.17, 15) is 13.2 Å². The van der Waals surface area contributed by atoms with Gasteiger partial charge in [0.15, 0.2) is 10.1 Å². The van der Waals surface area contributed by atoms with Gasteiger partial charge in [-0.25, -0.2) is 8.42 Å². The number of halogens is 3. The van der Waals surface area contributed by atoms with Crippen molar-refractivity contribution in [1.29, 1.82) is 0 Å². The van der Waals surface area contributed by atoms with E-state index < -0.39 is 15.6 Å². The van der Waals surface area contributed by atoms with Gasteiger partial charge in [0.1, 0.15) is 0 Å². The fraction of sp³-hybridized carbons (Fsp3) is 1.00. The second kappa shape index (κ2) is 5.53. The van der Waals surface area contributed by atoms with E-state index in [4.69, 9.17) is 13.0 Å². The molecule has 104 valence electrons. The van der Waals surface area contributed by atoms with E-state index >= 15 is 0 Å². The normalized spacial score (nSPS) is 20.0. The quantitative estimate of drug-likeness (QED) is 0.416. The van der Waals surface area contributed by atoms with Crippen LogP contribution in [0.3, 0.4) is 0 Å². The lowest BCUT2D eigenvalue weighted by Gasteiger charge is -2.33. The van der Waals surface area contributed by atoms with Crippen LogP contribution in [0.25, 0.3) is 0 Å². The first-order valence-electron chi connectivity index (χ1n) is 5.26. The highest BCUT2D eigenvalue weighted by atomic mass is 32.2. The van der Waals surface area contributed by atoms with Gasteiger partial charge in [0.2, 0.25) is 0 Å². The minimum atomic E-state index is -6.09. The lowest BCUT2D eigenvalue weighted by atomic mass is 10.3. The van der Waals surface area contributed by atoms with Gasteiger partial charge in [0.05, 0.1) is 26.2 Å². The Balaban J connectivity index is 0.000000304. The highest BCUT2D eigenvalue weighted by Gasteiger charge is 2.36. The number of hydrogen-bond acceptors (Lipinski definition) is 3. The summed E-state index contributed by atoms with van der Waals surface area (Å²) < 4.78 is 60.2. The summed E-state index contributed by atoms with van der Waals surface area (Å²) in [5.74, 6) is 0. The van der Waals surface area contributed by atoms with E-state index in [1.807, 2.05) is 0 Å². The smallest absolute Gasteiger partial charge is 0.485 e. The van der Waals surface area contributed by atoms with Crippen molar-refractivity contribution in [3.8, 4) is 0 Å². The van der Waals surface area contributed by atoms with E-state index in [0.717, 1.165) is 6.04 Å². The molecule has 17 heavy (non-hydrogen) atoms. The number of alkyl halides is 3. The molecule has 1 rings (SSSR count). The van der Waals surface area contributed by atoms with Crippen molar-refractivity contribution in [2.45, 2.75) is 38.2 Å². The third-order valence-electron chi connectivity index (χ3n) is 3.12. The third kappa shape index (κ3) is 5.22. The summed E-state index contributed by atoms with van der Waals surface area (Å²) in [5, 5.41) is 0. The number of nitrogens with zero attached hydrogens (tertiary/aromatic N) is 1. The molecule has 1 aliphatic heterocycles. The molecule has 1 fully saturated rings. The first-order chi connectivity index (χ1) is 7.40. The Morgan fingerprint density at radius 3 is 1.59 bits per heavy atom. The van der Waals surface area contributed by atoms with Crippen molar-refractivity contribution in [2.24, 2.45) is 0 Å². The topological polar surface area (TPSA) is 57.2 Å². The molecule has 0 atom stereocenters. The molecule has 0 N–H and O–H groups in total. The van der Waals surface area contributed by atoms with Crippen LogP contribution in [0.15, 0.2) is 0 Å². The second-order valence-electron chi connectivity index (χ2n) is 4.63. The van der Waals surface area contributed by atoms with Crippen LogP contribution in [-0.2, 0) is 10.1 Å². The predicted molar refractivity (Wildman–Crippen MR) is 56.0 cm³/mol. The van der Waals surface area contributed by atoms with Crippen molar-refractivity contribution >= 4 is 10.1 Å². The molecular weight excluding hydrogens is 259 g/mol. The van der Waals surface area contributed by atoms with E-state index in [0.29, 0.717) is 0 Å². The molecule has 0 amide bonds. The molecule has 1 saturated heterocycles. The molecule has 0 aromatic heterocycles. The van der Waals surface area contributed by atoms with Gasteiger partial charge in [-0.05, 0) is 13.8 Å². The molecule has 1 aliphatic rings. The first kappa shape index (κ1) is 16.7. The summed E-state index contributed by atoms with van der Waals surface area (Å²) >= 11 is 0. The van der Waals surface area contributed by atoms with Crippen LogP contribution >= 0.6 is 0 Å². The van der Waals surface area contributed by atoms with Crippen molar-refractivity contribution in [3.63, 3.8) is 0 Å². The van der Waals surface area contributed by atoms with Crippen molar-refractivity contribution in [3.05, 3.63) is 0 Å². The van der Waals surface area contributed by atoms with E-state index in [1.165, 1.54) is 30.4 Å². The maximum Gasteiger partial charge on any atom is 0.485 e. The van der Waals surface area contributed by atoms with Crippen LogP contribution in [0, 0.1) is 0 Å². The van der Waals surface area contributed by atoms with Gasteiger partial charge in [0.25, 0.3) is 0 Å². The van der Waals surface area contributed by atoms with Gasteiger partial charge in [-0.1, -0.05) is 0 Å². The molecule has 0 radical (unpaired) electrons. The molecule has 0 aliphatic carbocycles. The van der Waals surface area contributed by atoms with Gasteiger partial charge in [-0.3, -0.25) is 0 Å². The summed E-state index contributed by atoms with van der Waals surface area (Å²) in [6, 6.07) is 0.826. The standard InChI is InChI=1S/C8H18N.CHF3O3S/c1-8(2)9(3)6-4-5-7-9;2-1(3,4)8(5,6)7/h8H,4-7H2,1-3H3;(H,5,6,7)/q+1;/p-1. The average molecular weight is 277 g/mol. The molecule has 4 nitrogen and oxygen atoms in total. The molecule has 0 aromatic rings. The van der Waals surface area contributed by atoms with Gasteiger partial charge in [0, 0.05) is 12.8 Å². The third-order valence-corrected chi connectivity index (χ3v) is 3.68. The van der Waals surface area contributed by atoms with Crippen LogP contribution < -0.4 is 0 Å². The summed E-state index contributed by atoms with van der Waals surface area (Å²) in [7, 11) is -3.72. The van der Waals surface area contributed by atoms with Crippen molar-refractivity contribution in [1.82, 2.24) is 0 Å². The average Bonchev–Trinajstić information content (AvgIpc) is 2.50. The molecule has 0 aromatic carbocycles. The summed E-state index contributed by atoms with van der Waals surface area (Å²) in [4.78, 5) is 0. The van der Waals surface area contributed by atoms with Gasteiger partial charge in [-0.15, -0.1) is 0 Å². The number of rotatable bonds is 1. The predicted octanol–water partition coefficient (Wildman–Crippen LogP) is 1.69. The zero-order valence-corrected chi connectivity index (χ0v) is 10.9. The Kier molecular flexibility index (Phi) is 5.42. The van der Waals surface area contributed by atoms with Crippen LogP contribution in [0.5, 0.6) is 0 Å². The van der Waals surface area contributed by atoms with Gasteiger partial charge < -0.3 is 9.04 Å². The van der Waals surface area contributed by atoms with E-state index in [-0.39, 0.29) is 0 Å². The van der Waals surface area contributed by atoms with E-state index in [2.05, 4.69) is 20.9 Å². The Morgan fingerprint density at radius 2 is 1.47 bits per heavy atom. The lowest BCUT2D eigenvalue weighted by molar-refractivity contribution is -0.918. The molecule has 0 unspecified atom stereocenters. The largest absolute Gasteiger partial charge is 0.741 e. The van der Waals surface area contributed by atoms with Crippen molar-refractivity contribution in [2.75, 3.05) is 20.1 Å². The van der Waals surface area contributed by atoms with Crippen LogP contribution in [-0.4, -0.2) is 49.1 Å². The first-order valence-corrected chi connectivity index (χ1v) is 6.67. The van der Waals surface area contributed by atoms with Crippen LogP contribution in [0.4, 0.5) is 13.2 Å². The Bertz CT molecular complexity index is 332. The van der Waals surface area contributed by atoms with Gasteiger partial charge >= 0.3 is 5.51 Å². The highest BCUT2D eigenvalue weighted by molar-refractivity contribution is 7.86. The highest BCUT2D eigenvalue weighted by Crippen LogP contribution is 2.20. The summed E-state index contributed by atoms with van der Waals surface area (Å²) in [6.45, 7) is 7.45. The lowest BCUT2D eigenvalue weighted by Crippen LogP contribution is -2.46. The number of likely N-dealkylation sites (tertiary alicyclic amines) is 1. The SMILES string of the molecule is CC(C)[N+]1(C)CCCC1.O=S(=O)([O-])C(F)(F)F. The number of hydrogen-bond donors (Lipinski definition) is 0. The van der Waals surface area contributed by atoms with E-state index in [1.54, 1.807) is 0 Å². The summed E-state index contributed by atoms with van der Waals surface area (Å²) in [5.41, 5.74) is -5.65. The molecule has 0 bridgehead atoms. The fourth-order valence-electron chi connectivity index (χ4n) is 1.57. The molecular formula is C9H18F3NO3S. The molecule has 0 saturated carbocycles. The maximum atomic E-state index is 10.7. The molecule has 1 heterocycles. The number of quaternary nitrogens is 1. The zero-order chi connectivity index (χ0) is 13.9. The van der Waals surface area contributed by atoms with Gasteiger partial charge in [-0.2, -0.15) is 13.2 Å². The van der Waals surface area contributed by atoms with Crippen molar-refractivity contribution < 1.29 is 30.6 Å². The zero-order valence-electron chi connectivity index (χ0n) is 10.1. The monoisotopic (exact) mass is 277 g/mol. The van der Waals surface area contributed by atoms with Crippen LogP contribution in [0.2, 0.25) is 0 Å². The second-order valence-corrected chi connectivity index (χ2v) is 6.00. The molecule has 8 heteroatoms. The minimum absolute atomic E-state index is 0.826. The Morgan fingerprint density at radius 1 is 1.18 bits per heavy atom. The maximum absolute atomic E-state index is 10.7. The minimum Gasteiger partial charge on any atom is -0.741 e. The Hall–Kier alpha value is -0.340. The Labute approximate surface area is 99.8 Å².